The Labute approximate surface area is 317 Å². The number of furan rings is 1. The predicted molar refractivity (Wildman–Crippen MR) is 229 cm³/mol. The standard InChI is InChI=1S/C52H32N2O/c1-2-14-34(15-3-1)52-53-46(32-47(54-52)43-24-12-26-49-51(43)44-23-8-9-25-48(44)55-49)38-19-10-17-35(29-38)36-18-11-20-39(30-36)50-41-22-7-5-16-37(41)31-45-40-21-6-4-13-33(40)27-28-42(45)50/h1-32H. The molecule has 0 amide bonds. The molecule has 0 unspecified atom stereocenters. The number of aromatic nitrogens is 2. The van der Waals surface area contributed by atoms with Crippen molar-refractivity contribution in [2.24, 2.45) is 0 Å². The number of para-hydroxylation sites is 1. The number of benzene rings is 9. The Morgan fingerprint density at radius 2 is 0.945 bits per heavy atom. The molecule has 0 saturated heterocycles. The van der Waals surface area contributed by atoms with Crippen molar-refractivity contribution in [1.29, 1.82) is 0 Å². The summed E-state index contributed by atoms with van der Waals surface area (Å²) in [6.45, 7) is 0. The zero-order valence-electron chi connectivity index (χ0n) is 29.8. The SMILES string of the molecule is c1ccc(-c2nc(-c3cccc(-c4cccc(-c5c6ccccc6cc6c5ccc5ccccc56)c4)c3)cc(-c3cccc4oc5ccccc5c34)n2)cc1. The Hall–Kier alpha value is -7.36. The summed E-state index contributed by atoms with van der Waals surface area (Å²) in [7, 11) is 0. The molecular formula is C52H32N2O. The molecule has 0 fully saturated rings. The second-order valence-corrected chi connectivity index (χ2v) is 14.1. The summed E-state index contributed by atoms with van der Waals surface area (Å²) in [5.74, 6) is 0.681. The van der Waals surface area contributed by atoms with E-state index in [4.69, 9.17) is 14.4 Å². The third-order valence-corrected chi connectivity index (χ3v) is 10.8. The first kappa shape index (κ1) is 31.2. The molecule has 0 radical (unpaired) electrons. The van der Waals surface area contributed by atoms with Gasteiger partial charge in [0.05, 0.1) is 11.4 Å². The maximum absolute atomic E-state index is 6.27. The Balaban J connectivity index is 1.07. The van der Waals surface area contributed by atoms with Crippen LogP contribution in [0.4, 0.5) is 0 Å². The molecule has 11 rings (SSSR count). The molecular weight excluding hydrogens is 669 g/mol. The van der Waals surface area contributed by atoms with Gasteiger partial charge in [0.25, 0.3) is 0 Å². The van der Waals surface area contributed by atoms with Crippen LogP contribution in [0.15, 0.2) is 199 Å². The smallest absolute Gasteiger partial charge is 0.160 e. The van der Waals surface area contributed by atoms with Crippen molar-refractivity contribution in [3.8, 4) is 56.2 Å². The van der Waals surface area contributed by atoms with E-state index in [1.54, 1.807) is 0 Å². The lowest BCUT2D eigenvalue weighted by Gasteiger charge is -2.15. The lowest BCUT2D eigenvalue weighted by molar-refractivity contribution is 0.669. The van der Waals surface area contributed by atoms with Crippen LogP contribution in [0.3, 0.4) is 0 Å². The monoisotopic (exact) mass is 700 g/mol. The fourth-order valence-electron chi connectivity index (χ4n) is 8.28. The second kappa shape index (κ2) is 12.6. The van der Waals surface area contributed by atoms with E-state index >= 15 is 0 Å². The van der Waals surface area contributed by atoms with Crippen LogP contribution in [0.1, 0.15) is 0 Å². The average molecular weight is 701 g/mol. The minimum atomic E-state index is 0.681. The van der Waals surface area contributed by atoms with Gasteiger partial charge in [0.15, 0.2) is 5.82 Å². The van der Waals surface area contributed by atoms with Gasteiger partial charge in [0.1, 0.15) is 11.2 Å². The van der Waals surface area contributed by atoms with Gasteiger partial charge in [-0.15, -0.1) is 0 Å². The van der Waals surface area contributed by atoms with Crippen molar-refractivity contribution in [1.82, 2.24) is 9.97 Å². The van der Waals surface area contributed by atoms with Crippen molar-refractivity contribution in [3.05, 3.63) is 194 Å². The van der Waals surface area contributed by atoms with Crippen molar-refractivity contribution in [2.75, 3.05) is 0 Å². The first-order valence-electron chi connectivity index (χ1n) is 18.6. The molecule has 256 valence electrons. The Kier molecular flexibility index (Phi) is 7.17. The largest absolute Gasteiger partial charge is 0.456 e. The molecule has 0 bridgehead atoms. The number of hydrogen-bond donors (Lipinski definition) is 0. The maximum Gasteiger partial charge on any atom is 0.160 e. The van der Waals surface area contributed by atoms with Crippen molar-refractivity contribution < 1.29 is 4.42 Å². The van der Waals surface area contributed by atoms with E-state index in [1.807, 2.05) is 42.5 Å². The van der Waals surface area contributed by atoms with Gasteiger partial charge in [-0.3, -0.25) is 0 Å². The second-order valence-electron chi connectivity index (χ2n) is 14.1. The summed E-state index contributed by atoms with van der Waals surface area (Å²) in [4.78, 5) is 10.4. The molecule has 0 saturated carbocycles. The van der Waals surface area contributed by atoms with Gasteiger partial charge in [-0.2, -0.15) is 0 Å². The van der Waals surface area contributed by atoms with Crippen LogP contribution in [0, 0.1) is 0 Å². The highest BCUT2D eigenvalue weighted by molar-refractivity contribution is 6.20. The van der Waals surface area contributed by atoms with Crippen molar-refractivity contribution >= 4 is 54.3 Å². The molecule has 9 aromatic carbocycles. The zero-order valence-corrected chi connectivity index (χ0v) is 29.8. The van der Waals surface area contributed by atoms with Crippen LogP contribution in [-0.4, -0.2) is 9.97 Å². The third-order valence-electron chi connectivity index (χ3n) is 10.8. The topological polar surface area (TPSA) is 38.9 Å². The van der Waals surface area contributed by atoms with E-state index in [9.17, 15) is 0 Å². The summed E-state index contributed by atoms with van der Waals surface area (Å²) in [6.07, 6.45) is 0. The molecule has 2 aromatic heterocycles. The summed E-state index contributed by atoms with van der Waals surface area (Å²) in [5, 5.41) is 9.66. The molecule has 2 heterocycles. The Morgan fingerprint density at radius 1 is 0.327 bits per heavy atom. The lowest BCUT2D eigenvalue weighted by Crippen LogP contribution is -1.96. The molecule has 3 nitrogen and oxygen atoms in total. The highest BCUT2D eigenvalue weighted by Crippen LogP contribution is 2.41. The van der Waals surface area contributed by atoms with Crippen LogP contribution in [0.2, 0.25) is 0 Å². The maximum atomic E-state index is 6.27. The number of fused-ring (bicyclic) bond motifs is 7. The van der Waals surface area contributed by atoms with Crippen molar-refractivity contribution in [2.45, 2.75) is 0 Å². The van der Waals surface area contributed by atoms with Gasteiger partial charge in [-0.05, 0) is 91.0 Å². The lowest BCUT2D eigenvalue weighted by atomic mass is 9.88. The molecule has 0 aliphatic heterocycles. The fourth-order valence-corrected chi connectivity index (χ4v) is 8.28. The molecule has 0 aliphatic carbocycles. The van der Waals surface area contributed by atoms with Crippen LogP contribution in [-0.2, 0) is 0 Å². The van der Waals surface area contributed by atoms with E-state index in [-0.39, 0.29) is 0 Å². The van der Waals surface area contributed by atoms with E-state index < -0.39 is 0 Å². The molecule has 11 aromatic rings. The highest BCUT2D eigenvalue weighted by Gasteiger charge is 2.17. The van der Waals surface area contributed by atoms with E-state index in [1.165, 1.54) is 43.4 Å². The van der Waals surface area contributed by atoms with Gasteiger partial charge in [0.2, 0.25) is 0 Å². The van der Waals surface area contributed by atoms with Crippen LogP contribution in [0.5, 0.6) is 0 Å². The first-order chi connectivity index (χ1) is 27.2. The summed E-state index contributed by atoms with van der Waals surface area (Å²) < 4.78 is 6.27. The van der Waals surface area contributed by atoms with E-state index in [2.05, 4.69) is 152 Å². The Bertz CT molecular complexity index is 3270. The Morgan fingerprint density at radius 3 is 1.80 bits per heavy atom. The minimum absolute atomic E-state index is 0.681. The average Bonchev–Trinajstić information content (AvgIpc) is 3.65. The van der Waals surface area contributed by atoms with Gasteiger partial charge >= 0.3 is 0 Å². The van der Waals surface area contributed by atoms with Gasteiger partial charge in [-0.25, -0.2) is 9.97 Å². The van der Waals surface area contributed by atoms with Gasteiger partial charge < -0.3 is 4.42 Å². The van der Waals surface area contributed by atoms with Crippen LogP contribution >= 0.6 is 0 Å². The highest BCUT2D eigenvalue weighted by atomic mass is 16.3. The van der Waals surface area contributed by atoms with Gasteiger partial charge in [-0.1, -0.05) is 158 Å². The van der Waals surface area contributed by atoms with Crippen molar-refractivity contribution in [3.63, 3.8) is 0 Å². The summed E-state index contributed by atoms with van der Waals surface area (Å²) >= 11 is 0. The molecule has 3 heteroatoms. The predicted octanol–water partition coefficient (Wildman–Crippen LogP) is 14.2. The molecule has 0 spiro atoms. The third kappa shape index (κ3) is 5.28. The number of nitrogens with zero attached hydrogens (tertiary/aromatic N) is 2. The summed E-state index contributed by atoms with van der Waals surface area (Å²) in [5.41, 5.74) is 11.1. The molecule has 0 N–H and O–H groups in total. The minimum Gasteiger partial charge on any atom is -0.456 e. The van der Waals surface area contributed by atoms with E-state index in [0.717, 1.165) is 61.1 Å². The molecule has 55 heavy (non-hydrogen) atoms. The van der Waals surface area contributed by atoms with Crippen LogP contribution < -0.4 is 0 Å². The fraction of sp³-hybridized carbons (Fsp3) is 0. The van der Waals surface area contributed by atoms with Crippen LogP contribution in [0.25, 0.3) is 110 Å². The molecule has 0 aliphatic rings. The van der Waals surface area contributed by atoms with Gasteiger partial charge in [0, 0.05) is 27.5 Å². The summed E-state index contributed by atoms with van der Waals surface area (Å²) in [6, 6.07) is 68.7. The molecule has 0 atom stereocenters. The quantitative estimate of drug-likeness (QED) is 0.133. The number of rotatable bonds is 5. The zero-order chi connectivity index (χ0) is 36.3. The number of hydrogen-bond acceptors (Lipinski definition) is 3. The van der Waals surface area contributed by atoms with E-state index in [0.29, 0.717) is 5.82 Å². The normalized spacial score (nSPS) is 11.6. The first-order valence-corrected chi connectivity index (χ1v) is 18.6.